The zero-order chi connectivity index (χ0) is 22.1. The predicted molar refractivity (Wildman–Crippen MR) is 116 cm³/mol. The van der Waals surface area contributed by atoms with Crippen LogP contribution in [0.3, 0.4) is 0 Å². The minimum atomic E-state index is -0.539. The lowest BCUT2D eigenvalue weighted by Gasteiger charge is -2.21. The number of rotatable bonds is 10. The number of nitrogens with zero attached hydrogens (tertiary/aromatic N) is 1. The Balaban J connectivity index is 1.93. The van der Waals surface area contributed by atoms with Gasteiger partial charge in [-0.25, -0.2) is 4.79 Å². The Bertz CT molecular complexity index is 847. The van der Waals surface area contributed by atoms with E-state index >= 15 is 0 Å². The smallest absolute Gasteiger partial charge is 0.338 e. The van der Waals surface area contributed by atoms with E-state index in [9.17, 15) is 9.59 Å². The molecule has 2 aromatic rings. The van der Waals surface area contributed by atoms with Crippen molar-refractivity contribution in [1.82, 2.24) is 5.32 Å². The molecule has 0 spiro atoms. The summed E-state index contributed by atoms with van der Waals surface area (Å²) in [6.07, 6.45) is 0. The number of carbonyl (C=O) groups excluding carboxylic acids is 2. The maximum Gasteiger partial charge on any atom is 0.338 e. The van der Waals surface area contributed by atoms with Crippen LogP contribution in [0.2, 0.25) is 0 Å². The molecule has 30 heavy (non-hydrogen) atoms. The van der Waals surface area contributed by atoms with Gasteiger partial charge in [-0.15, -0.1) is 0 Å². The van der Waals surface area contributed by atoms with E-state index in [-0.39, 0.29) is 12.6 Å². The Labute approximate surface area is 177 Å². The Kier molecular flexibility index (Phi) is 8.53. The van der Waals surface area contributed by atoms with Gasteiger partial charge < -0.3 is 24.4 Å². The van der Waals surface area contributed by atoms with E-state index in [1.165, 1.54) is 0 Å². The molecule has 2 rings (SSSR count). The Morgan fingerprint density at radius 1 is 1.00 bits per heavy atom. The van der Waals surface area contributed by atoms with Gasteiger partial charge in [0.2, 0.25) is 0 Å². The normalized spacial score (nSPS) is 11.4. The van der Waals surface area contributed by atoms with E-state index in [0.717, 1.165) is 24.3 Å². The van der Waals surface area contributed by atoms with Gasteiger partial charge in [-0.05, 0) is 63.2 Å². The lowest BCUT2D eigenvalue weighted by atomic mass is 10.1. The van der Waals surface area contributed by atoms with Gasteiger partial charge in [-0.2, -0.15) is 0 Å². The lowest BCUT2D eigenvalue weighted by molar-refractivity contribution is -0.124. The van der Waals surface area contributed by atoms with Crippen LogP contribution in [0.5, 0.6) is 11.5 Å². The van der Waals surface area contributed by atoms with Gasteiger partial charge in [-0.3, -0.25) is 4.79 Å². The maximum atomic E-state index is 12.3. The molecule has 0 aromatic heterocycles. The number of nitrogens with one attached hydrogen (secondary N) is 1. The topological polar surface area (TPSA) is 77.1 Å². The van der Waals surface area contributed by atoms with Crippen LogP contribution in [0, 0.1) is 0 Å². The first-order valence-corrected chi connectivity index (χ1v) is 9.96. The summed E-state index contributed by atoms with van der Waals surface area (Å²) >= 11 is 0. The first-order chi connectivity index (χ1) is 14.4. The molecule has 0 saturated heterocycles. The van der Waals surface area contributed by atoms with E-state index in [0.29, 0.717) is 17.1 Å². The Morgan fingerprint density at radius 2 is 1.67 bits per heavy atom. The molecule has 0 fully saturated rings. The number of hydrogen-bond acceptors (Lipinski definition) is 6. The second-order valence-corrected chi connectivity index (χ2v) is 6.69. The highest BCUT2D eigenvalue weighted by atomic mass is 16.5. The SMILES string of the molecule is CCN(CC)c1ccc(C(=O)OCC(=O)N[C@@H](C)c2cc(OC)ccc2OC)cc1. The van der Waals surface area contributed by atoms with E-state index in [4.69, 9.17) is 14.2 Å². The molecule has 0 unspecified atom stereocenters. The molecule has 0 radical (unpaired) electrons. The third-order valence-corrected chi connectivity index (χ3v) is 4.85. The van der Waals surface area contributed by atoms with Crippen molar-refractivity contribution < 1.29 is 23.8 Å². The minimum absolute atomic E-state index is 0.352. The fourth-order valence-corrected chi connectivity index (χ4v) is 3.15. The standard InChI is InChI=1S/C23H30N2O5/c1-6-25(7-2)18-10-8-17(9-11-18)23(27)30-15-22(26)24-16(3)20-14-19(28-4)12-13-21(20)29-5/h8-14,16H,6-7,15H2,1-5H3,(H,24,26)/t16-/m0/s1. The summed E-state index contributed by atoms with van der Waals surface area (Å²) in [5.41, 5.74) is 2.21. The quantitative estimate of drug-likeness (QED) is 0.599. The molecule has 1 atom stereocenters. The van der Waals surface area contributed by atoms with Crippen LogP contribution in [0.25, 0.3) is 0 Å². The van der Waals surface area contributed by atoms with Gasteiger partial charge in [0.25, 0.3) is 5.91 Å². The molecule has 0 aliphatic carbocycles. The molecule has 0 bridgehead atoms. The number of hydrogen-bond donors (Lipinski definition) is 1. The van der Waals surface area contributed by atoms with Crippen LogP contribution < -0.4 is 19.7 Å². The fourth-order valence-electron chi connectivity index (χ4n) is 3.15. The lowest BCUT2D eigenvalue weighted by Crippen LogP contribution is -2.31. The predicted octanol–water partition coefficient (Wildman–Crippen LogP) is 3.58. The summed E-state index contributed by atoms with van der Waals surface area (Å²) in [5.74, 6) is 0.351. The minimum Gasteiger partial charge on any atom is -0.497 e. The van der Waals surface area contributed by atoms with Gasteiger partial charge in [0.15, 0.2) is 6.61 Å². The number of anilines is 1. The highest BCUT2D eigenvalue weighted by Crippen LogP contribution is 2.29. The maximum absolute atomic E-state index is 12.3. The monoisotopic (exact) mass is 414 g/mol. The number of ether oxygens (including phenoxy) is 3. The first-order valence-electron chi connectivity index (χ1n) is 9.96. The molecule has 0 aliphatic heterocycles. The highest BCUT2D eigenvalue weighted by molar-refractivity contribution is 5.91. The van der Waals surface area contributed by atoms with Crippen molar-refractivity contribution in [3.63, 3.8) is 0 Å². The highest BCUT2D eigenvalue weighted by Gasteiger charge is 2.17. The van der Waals surface area contributed by atoms with Crippen LogP contribution in [-0.4, -0.2) is 45.8 Å². The van der Waals surface area contributed by atoms with Crippen molar-refractivity contribution in [1.29, 1.82) is 0 Å². The fraction of sp³-hybridized carbons (Fsp3) is 0.391. The first kappa shape index (κ1) is 23.1. The summed E-state index contributed by atoms with van der Waals surface area (Å²) in [7, 11) is 3.13. The molecule has 0 aliphatic rings. The molecular formula is C23H30N2O5. The molecule has 7 nitrogen and oxygen atoms in total. The number of esters is 1. The van der Waals surface area contributed by atoms with Gasteiger partial charge in [0.05, 0.1) is 25.8 Å². The third-order valence-electron chi connectivity index (χ3n) is 4.85. The van der Waals surface area contributed by atoms with Gasteiger partial charge in [0, 0.05) is 24.3 Å². The van der Waals surface area contributed by atoms with Gasteiger partial charge in [-0.1, -0.05) is 0 Å². The average molecular weight is 415 g/mol. The molecule has 1 N–H and O–H groups in total. The molecular weight excluding hydrogens is 384 g/mol. The molecule has 0 saturated carbocycles. The van der Waals surface area contributed by atoms with E-state index in [2.05, 4.69) is 24.1 Å². The number of methoxy groups -OCH3 is 2. The number of benzene rings is 2. The van der Waals surface area contributed by atoms with Crippen LogP contribution >= 0.6 is 0 Å². The summed E-state index contributed by atoms with van der Waals surface area (Å²) in [6, 6.07) is 12.2. The molecule has 7 heteroatoms. The second-order valence-electron chi connectivity index (χ2n) is 6.69. The summed E-state index contributed by atoms with van der Waals surface area (Å²) < 4.78 is 15.7. The van der Waals surface area contributed by atoms with E-state index in [1.54, 1.807) is 44.6 Å². The third kappa shape index (κ3) is 5.89. The van der Waals surface area contributed by atoms with Gasteiger partial charge in [0.1, 0.15) is 11.5 Å². The number of amides is 1. The van der Waals surface area contributed by atoms with Crippen LogP contribution in [0.1, 0.15) is 42.7 Å². The van der Waals surface area contributed by atoms with Crippen LogP contribution in [0.4, 0.5) is 5.69 Å². The van der Waals surface area contributed by atoms with Crippen molar-refractivity contribution in [3.05, 3.63) is 53.6 Å². The number of carbonyl (C=O) groups is 2. The van der Waals surface area contributed by atoms with Crippen LogP contribution in [0.15, 0.2) is 42.5 Å². The average Bonchev–Trinajstić information content (AvgIpc) is 2.78. The summed E-state index contributed by atoms with van der Waals surface area (Å²) in [4.78, 5) is 26.7. The summed E-state index contributed by atoms with van der Waals surface area (Å²) in [5, 5.41) is 2.81. The van der Waals surface area contributed by atoms with Crippen molar-refractivity contribution in [3.8, 4) is 11.5 Å². The largest absolute Gasteiger partial charge is 0.497 e. The molecule has 162 valence electrons. The van der Waals surface area contributed by atoms with E-state index in [1.807, 2.05) is 19.1 Å². The van der Waals surface area contributed by atoms with Gasteiger partial charge >= 0.3 is 5.97 Å². The second kappa shape index (κ2) is 11.1. The zero-order valence-corrected chi connectivity index (χ0v) is 18.2. The van der Waals surface area contributed by atoms with Crippen LogP contribution in [-0.2, 0) is 9.53 Å². The summed E-state index contributed by atoms with van der Waals surface area (Å²) in [6.45, 7) is 7.38. The molecule has 1 amide bonds. The van der Waals surface area contributed by atoms with Crippen molar-refractivity contribution in [2.45, 2.75) is 26.8 Å². The molecule has 0 heterocycles. The Hall–Kier alpha value is -3.22. The van der Waals surface area contributed by atoms with Crippen molar-refractivity contribution in [2.24, 2.45) is 0 Å². The van der Waals surface area contributed by atoms with Crippen molar-refractivity contribution >= 4 is 17.6 Å². The van der Waals surface area contributed by atoms with Crippen molar-refractivity contribution in [2.75, 3.05) is 38.8 Å². The van der Waals surface area contributed by atoms with E-state index < -0.39 is 11.9 Å². The molecule has 2 aromatic carbocycles. The Morgan fingerprint density at radius 3 is 2.23 bits per heavy atom. The zero-order valence-electron chi connectivity index (χ0n) is 18.2.